The number of nitriles is 1. The Hall–Kier alpha value is -2.77. The molecule has 0 bridgehead atoms. The van der Waals surface area contributed by atoms with Crippen molar-refractivity contribution in [3.8, 4) is 11.8 Å². The quantitative estimate of drug-likeness (QED) is 0.643. The van der Waals surface area contributed by atoms with Gasteiger partial charge in [-0.05, 0) is 29.8 Å². The highest BCUT2D eigenvalue weighted by atomic mass is 35.5. The summed E-state index contributed by atoms with van der Waals surface area (Å²) in [6, 6.07) is 10.4. The number of aromatic nitrogens is 1. The van der Waals surface area contributed by atoms with Crippen LogP contribution in [0.15, 0.2) is 30.3 Å². The number of carbonyl (C=O) groups excluding carboxylic acids is 1. The molecule has 3 aromatic rings. The van der Waals surface area contributed by atoms with E-state index in [1.165, 1.54) is 6.07 Å². The molecule has 118 valence electrons. The van der Waals surface area contributed by atoms with E-state index >= 15 is 0 Å². The standard InChI is InChI=1S/C19H13ClN2O2/c1-19(2)12-7-15(23)13(20)6-11(12)17(24)16-10-4-3-9(8-21)5-14(10)22-18(16)19/h3-7,22-23H,1-2H3. The van der Waals surface area contributed by atoms with Gasteiger partial charge in [0.1, 0.15) is 5.75 Å². The highest BCUT2D eigenvalue weighted by Gasteiger charge is 2.40. The highest BCUT2D eigenvalue weighted by molar-refractivity contribution is 6.33. The van der Waals surface area contributed by atoms with Gasteiger partial charge in [0.25, 0.3) is 0 Å². The van der Waals surface area contributed by atoms with Crippen molar-refractivity contribution in [2.24, 2.45) is 0 Å². The molecule has 2 N–H and O–H groups in total. The molecule has 24 heavy (non-hydrogen) atoms. The van der Waals surface area contributed by atoms with E-state index in [2.05, 4.69) is 11.1 Å². The van der Waals surface area contributed by atoms with E-state index in [1.54, 1.807) is 24.3 Å². The van der Waals surface area contributed by atoms with Gasteiger partial charge in [0.15, 0.2) is 5.78 Å². The van der Waals surface area contributed by atoms with Gasteiger partial charge in [-0.2, -0.15) is 5.26 Å². The van der Waals surface area contributed by atoms with Crippen molar-refractivity contribution in [3.05, 3.63) is 63.3 Å². The number of fused-ring (bicyclic) bond motifs is 4. The Labute approximate surface area is 143 Å². The smallest absolute Gasteiger partial charge is 0.195 e. The van der Waals surface area contributed by atoms with Crippen molar-refractivity contribution in [2.75, 3.05) is 0 Å². The average molecular weight is 337 g/mol. The van der Waals surface area contributed by atoms with Crippen molar-refractivity contribution >= 4 is 28.3 Å². The van der Waals surface area contributed by atoms with Crippen LogP contribution in [0, 0.1) is 11.3 Å². The molecule has 1 aromatic heterocycles. The van der Waals surface area contributed by atoms with Crippen LogP contribution in [0.1, 0.15) is 46.6 Å². The molecule has 0 fully saturated rings. The number of phenolic OH excluding ortho intramolecular Hbond substituents is 1. The van der Waals surface area contributed by atoms with Crippen LogP contribution in [0.2, 0.25) is 5.02 Å². The van der Waals surface area contributed by atoms with Crippen molar-refractivity contribution in [2.45, 2.75) is 19.3 Å². The van der Waals surface area contributed by atoms with Crippen molar-refractivity contribution in [1.82, 2.24) is 4.98 Å². The molecular formula is C19H13ClN2O2. The molecule has 0 spiro atoms. The molecule has 0 saturated carbocycles. The largest absolute Gasteiger partial charge is 0.506 e. The first kappa shape index (κ1) is 14.8. The third-order valence-corrected chi connectivity index (χ3v) is 5.09. The highest BCUT2D eigenvalue weighted by Crippen LogP contribution is 2.45. The van der Waals surface area contributed by atoms with Gasteiger partial charge < -0.3 is 10.1 Å². The van der Waals surface area contributed by atoms with E-state index in [9.17, 15) is 9.90 Å². The van der Waals surface area contributed by atoms with Crippen LogP contribution in [0.25, 0.3) is 10.9 Å². The Bertz CT molecular complexity index is 1090. The molecule has 2 aromatic carbocycles. The zero-order chi connectivity index (χ0) is 17.2. The molecule has 1 aliphatic carbocycles. The first-order valence-electron chi connectivity index (χ1n) is 7.48. The monoisotopic (exact) mass is 336 g/mol. The average Bonchev–Trinajstić information content (AvgIpc) is 2.94. The fourth-order valence-corrected chi connectivity index (χ4v) is 3.67. The number of ketones is 1. The SMILES string of the molecule is CC1(C)c2cc(O)c(Cl)cc2C(=O)c2c1[nH]c1cc(C#N)ccc21. The maximum Gasteiger partial charge on any atom is 0.195 e. The summed E-state index contributed by atoms with van der Waals surface area (Å²) < 4.78 is 0. The Morgan fingerprint density at radius 3 is 2.71 bits per heavy atom. The van der Waals surface area contributed by atoms with E-state index in [4.69, 9.17) is 16.9 Å². The molecule has 0 saturated heterocycles. The number of carbonyl (C=O) groups is 1. The number of hydrogen-bond donors (Lipinski definition) is 2. The van der Waals surface area contributed by atoms with Crippen molar-refractivity contribution in [1.29, 1.82) is 5.26 Å². The maximum absolute atomic E-state index is 13.1. The summed E-state index contributed by atoms with van der Waals surface area (Å²) in [7, 11) is 0. The van der Waals surface area contributed by atoms with Crippen molar-refractivity contribution < 1.29 is 9.90 Å². The molecule has 1 heterocycles. The number of benzene rings is 2. The molecule has 1 aliphatic rings. The zero-order valence-electron chi connectivity index (χ0n) is 13.1. The summed E-state index contributed by atoms with van der Waals surface area (Å²) in [5.41, 5.74) is 3.40. The number of nitrogens with zero attached hydrogens (tertiary/aromatic N) is 1. The Kier molecular flexibility index (Phi) is 2.85. The summed E-state index contributed by atoms with van der Waals surface area (Å²) in [5.74, 6) is -0.167. The molecular weight excluding hydrogens is 324 g/mol. The van der Waals surface area contributed by atoms with Crippen LogP contribution in [-0.4, -0.2) is 15.9 Å². The minimum absolute atomic E-state index is 0.0392. The number of aromatic amines is 1. The van der Waals surface area contributed by atoms with Gasteiger partial charge in [0.05, 0.1) is 22.2 Å². The van der Waals surface area contributed by atoms with E-state index in [1.807, 2.05) is 13.8 Å². The lowest BCUT2D eigenvalue weighted by Gasteiger charge is -2.32. The van der Waals surface area contributed by atoms with Crippen LogP contribution in [0.4, 0.5) is 0 Å². The van der Waals surface area contributed by atoms with Crippen LogP contribution in [-0.2, 0) is 5.41 Å². The van der Waals surface area contributed by atoms with Gasteiger partial charge in [-0.3, -0.25) is 4.79 Å². The number of nitrogens with one attached hydrogen (secondary N) is 1. The lowest BCUT2D eigenvalue weighted by atomic mass is 9.71. The van der Waals surface area contributed by atoms with E-state index in [0.717, 1.165) is 22.2 Å². The van der Waals surface area contributed by atoms with Crippen LogP contribution in [0.3, 0.4) is 0 Å². The zero-order valence-corrected chi connectivity index (χ0v) is 13.8. The molecule has 0 atom stereocenters. The molecule has 0 amide bonds. The lowest BCUT2D eigenvalue weighted by Crippen LogP contribution is -2.30. The second-order valence-electron chi connectivity index (χ2n) is 6.55. The number of H-pyrrole nitrogens is 1. The second-order valence-corrected chi connectivity index (χ2v) is 6.96. The summed E-state index contributed by atoms with van der Waals surface area (Å²) in [6.45, 7) is 3.98. The van der Waals surface area contributed by atoms with E-state index in [-0.39, 0.29) is 16.6 Å². The van der Waals surface area contributed by atoms with Crippen LogP contribution in [0.5, 0.6) is 5.75 Å². The second kappa shape index (κ2) is 4.62. The first-order valence-corrected chi connectivity index (χ1v) is 7.86. The number of halogens is 1. The van der Waals surface area contributed by atoms with Crippen LogP contribution < -0.4 is 0 Å². The minimum atomic E-state index is -0.507. The van der Waals surface area contributed by atoms with E-state index < -0.39 is 5.41 Å². The molecule has 4 nitrogen and oxygen atoms in total. The molecule has 4 rings (SSSR count). The third-order valence-electron chi connectivity index (χ3n) is 4.78. The predicted molar refractivity (Wildman–Crippen MR) is 91.7 cm³/mol. The van der Waals surface area contributed by atoms with Crippen LogP contribution >= 0.6 is 11.6 Å². The number of rotatable bonds is 0. The fourth-order valence-electron chi connectivity index (χ4n) is 3.51. The van der Waals surface area contributed by atoms with E-state index in [0.29, 0.717) is 16.7 Å². The number of hydrogen-bond acceptors (Lipinski definition) is 3. The molecule has 0 unspecified atom stereocenters. The first-order chi connectivity index (χ1) is 11.3. The Morgan fingerprint density at radius 1 is 1.25 bits per heavy atom. The summed E-state index contributed by atoms with van der Waals surface area (Å²) >= 11 is 6.02. The minimum Gasteiger partial charge on any atom is -0.506 e. The third kappa shape index (κ3) is 1.76. The van der Waals surface area contributed by atoms with Gasteiger partial charge in [-0.25, -0.2) is 0 Å². The topological polar surface area (TPSA) is 76.9 Å². The lowest BCUT2D eigenvalue weighted by molar-refractivity contribution is 0.103. The normalized spacial score (nSPS) is 15.0. The van der Waals surface area contributed by atoms with Gasteiger partial charge >= 0.3 is 0 Å². The number of aromatic hydroxyl groups is 1. The van der Waals surface area contributed by atoms with Gasteiger partial charge in [-0.15, -0.1) is 0 Å². The Balaban J connectivity index is 2.10. The number of phenols is 1. The van der Waals surface area contributed by atoms with Crippen molar-refractivity contribution in [3.63, 3.8) is 0 Å². The maximum atomic E-state index is 13.1. The molecule has 0 aliphatic heterocycles. The van der Waals surface area contributed by atoms with Gasteiger partial charge in [0, 0.05) is 27.6 Å². The fraction of sp³-hybridized carbons (Fsp3) is 0.158. The summed E-state index contributed by atoms with van der Waals surface area (Å²) in [5, 5.41) is 20.0. The Morgan fingerprint density at radius 2 is 2.00 bits per heavy atom. The summed E-state index contributed by atoms with van der Waals surface area (Å²) in [4.78, 5) is 16.4. The predicted octanol–water partition coefficient (Wildman–Crippen LogP) is 4.27. The molecule has 0 radical (unpaired) electrons. The molecule has 5 heteroatoms. The summed E-state index contributed by atoms with van der Waals surface area (Å²) in [6.07, 6.45) is 0. The van der Waals surface area contributed by atoms with Gasteiger partial charge in [0.2, 0.25) is 0 Å². The van der Waals surface area contributed by atoms with Gasteiger partial charge in [-0.1, -0.05) is 31.5 Å².